The number of hydrogen-bond donors (Lipinski definition) is 2. The van der Waals surface area contributed by atoms with E-state index in [1.807, 2.05) is 36.4 Å². The van der Waals surface area contributed by atoms with Crippen molar-refractivity contribution in [3.8, 4) is 0 Å². The molecule has 0 bridgehead atoms. The van der Waals surface area contributed by atoms with Crippen molar-refractivity contribution in [2.45, 2.75) is 24.8 Å². The molecule has 27 heavy (non-hydrogen) atoms. The summed E-state index contributed by atoms with van der Waals surface area (Å²) in [6.45, 7) is 0. The Labute approximate surface area is 155 Å². The number of hydrazone groups is 1. The number of benzene rings is 2. The number of carbonyl (C=O) groups excluding carboxylic acids is 2. The molecule has 2 heterocycles. The molecule has 0 saturated heterocycles. The normalized spacial score (nSPS) is 20.4. The summed E-state index contributed by atoms with van der Waals surface area (Å²) in [5.74, 6) is -1.89. The maximum atomic E-state index is 13.0. The number of aliphatic carboxylic acids is 1. The zero-order chi connectivity index (χ0) is 19.0. The molecule has 1 spiro atoms. The van der Waals surface area contributed by atoms with Gasteiger partial charge in [-0.25, -0.2) is 5.01 Å². The molecule has 4 rings (SSSR count). The summed E-state index contributed by atoms with van der Waals surface area (Å²) in [7, 11) is 0. The largest absolute Gasteiger partial charge is 0.481 e. The minimum Gasteiger partial charge on any atom is -0.481 e. The number of anilines is 1. The van der Waals surface area contributed by atoms with Gasteiger partial charge in [-0.3, -0.25) is 14.4 Å². The molecule has 2 aliphatic rings. The summed E-state index contributed by atoms with van der Waals surface area (Å²) >= 11 is 0. The standard InChI is InChI=1S/C20H17N3O4/c24-17(10-11-18(25)26)23-20(12-16(22-23)13-6-2-1-3-7-13)14-8-4-5-9-15(14)21-19(20)27/h1-9H,10-12H2,(H,21,27)(H,25,26)/t20-/m0/s1. The lowest BCUT2D eigenvalue weighted by molar-refractivity contribution is -0.146. The summed E-state index contributed by atoms with van der Waals surface area (Å²) in [5, 5.41) is 17.4. The fourth-order valence-corrected chi connectivity index (χ4v) is 3.62. The molecule has 2 aromatic rings. The number of carboxylic acids is 1. The lowest BCUT2D eigenvalue weighted by Crippen LogP contribution is -2.48. The Kier molecular flexibility index (Phi) is 3.99. The highest BCUT2D eigenvalue weighted by atomic mass is 16.4. The predicted molar refractivity (Wildman–Crippen MR) is 98.1 cm³/mol. The van der Waals surface area contributed by atoms with Gasteiger partial charge in [0.05, 0.1) is 12.1 Å². The fraction of sp³-hybridized carbons (Fsp3) is 0.200. The average molecular weight is 363 g/mol. The molecule has 2 N–H and O–H groups in total. The summed E-state index contributed by atoms with van der Waals surface area (Å²) in [4.78, 5) is 36.7. The first-order valence-corrected chi connectivity index (χ1v) is 8.61. The Morgan fingerprint density at radius 1 is 1.07 bits per heavy atom. The first-order valence-electron chi connectivity index (χ1n) is 8.61. The van der Waals surface area contributed by atoms with Gasteiger partial charge in [-0.1, -0.05) is 48.5 Å². The molecule has 0 saturated carbocycles. The van der Waals surface area contributed by atoms with Crippen molar-refractivity contribution in [1.29, 1.82) is 0 Å². The van der Waals surface area contributed by atoms with Crippen molar-refractivity contribution in [2.75, 3.05) is 5.32 Å². The van der Waals surface area contributed by atoms with E-state index in [0.717, 1.165) is 5.56 Å². The van der Waals surface area contributed by atoms with Gasteiger partial charge >= 0.3 is 5.97 Å². The second-order valence-corrected chi connectivity index (χ2v) is 6.55. The first-order chi connectivity index (χ1) is 13.0. The van der Waals surface area contributed by atoms with Crippen LogP contribution < -0.4 is 5.32 Å². The van der Waals surface area contributed by atoms with Crippen molar-refractivity contribution in [1.82, 2.24) is 5.01 Å². The van der Waals surface area contributed by atoms with Crippen molar-refractivity contribution in [3.63, 3.8) is 0 Å². The molecule has 7 heteroatoms. The Morgan fingerprint density at radius 3 is 2.52 bits per heavy atom. The molecular formula is C20H17N3O4. The van der Waals surface area contributed by atoms with Gasteiger partial charge < -0.3 is 10.4 Å². The van der Waals surface area contributed by atoms with Gasteiger partial charge in [0.2, 0.25) is 5.91 Å². The van der Waals surface area contributed by atoms with E-state index in [1.54, 1.807) is 18.2 Å². The van der Waals surface area contributed by atoms with E-state index >= 15 is 0 Å². The van der Waals surface area contributed by atoms with Gasteiger partial charge in [0.1, 0.15) is 0 Å². The highest BCUT2D eigenvalue weighted by Crippen LogP contribution is 2.47. The van der Waals surface area contributed by atoms with E-state index < -0.39 is 17.4 Å². The molecule has 2 aliphatic heterocycles. The van der Waals surface area contributed by atoms with Gasteiger partial charge in [0.25, 0.3) is 5.91 Å². The minimum atomic E-state index is -1.28. The van der Waals surface area contributed by atoms with Crippen LogP contribution in [0.5, 0.6) is 0 Å². The SMILES string of the molecule is O=C(O)CCC(=O)N1N=C(c2ccccc2)C[C@]12C(=O)Nc1ccccc12. The van der Waals surface area contributed by atoms with Crippen LogP contribution in [0.1, 0.15) is 30.4 Å². The summed E-state index contributed by atoms with van der Waals surface area (Å²) in [6.07, 6.45) is -0.304. The predicted octanol–water partition coefficient (Wildman–Crippen LogP) is 2.34. The van der Waals surface area contributed by atoms with Gasteiger partial charge in [-0.15, -0.1) is 0 Å². The van der Waals surface area contributed by atoms with Crippen LogP contribution >= 0.6 is 0 Å². The molecule has 7 nitrogen and oxygen atoms in total. The quantitative estimate of drug-likeness (QED) is 0.871. The fourth-order valence-electron chi connectivity index (χ4n) is 3.62. The van der Waals surface area contributed by atoms with E-state index in [4.69, 9.17) is 5.11 Å². The minimum absolute atomic E-state index is 0.224. The summed E-state index contributed by atoms with van der Waals surface area (Å²) < 4.78 is 0. The number of hydrogen-bond acceptors (Lipinski definition) is 4. The molecular weight excluding hydrogens is 346 g/mol. The number of carboxylic acid groups (broad SMARTS) is 1. The highest BCUT2D eigenvalue weighted by Gasteiger charge is 2.57. The molecule has 0 unspecified atom stereocenters. The third kappa shape index (κ3) is 2.68. The number of nitrogens with one attached hydrogen (secondary N) is 1. The van der Waals surface area contributed by atoms with E-state index in [9.17, 15) is 14.4 Å². The number of carbonyl (C=O) groups is 3. The molecule has 0 fully saturated rings. The Bertz CT molecular complexity index is 970. The smallest absolute Gasteiger partial charge is 0.303 e. The Morgan fingerprint density at radius 2 is 1.78 bits per heavy atom. The number of para-hydroxylation sites is 1. The molecule has 136 valence electrons. The molecule has 2 amide bonds. The van der Waals surface area contributed by atoms with E-state index in [1.165, 1.54) is 5.01 Å². The van der Waals surface area contributed by atoms with Crippen molar-refractivity contribution in [2.24, 2.45) is 5.10 Å². The summed E-state index contributed by atoms with van der Waals surface area (Å²) in [6, 6.07) is 16.5. The Hall–Kier alpha value is -3.48. The van der Waals surface area contributed by atoms with Gasteiger partial charge in [-0.05, 0) is 11.6 Å². The summed E-state index contributed by atoms with van der Waals surface area (Å²) in [5.41, 5.74) is 1.47. The van der Waals surface area contributed by atoms with Gasteiger partial charge in [0.15, 0.2) is 5.54 Å². The molecule has 1 atom stereocenters. The van der Waals surface area contributed by atoms with E-state index in [0.29, 0.717) is 17.0 Å². The average Bonchev–Trinajstić information content (AvgIpc) is 3.21. The monoisotopic (exact) mass is 363 g/mol. The van der Waals surface area contributed by atoms with Crippen LogP contribution in [0.4, 0.5) is 5.69 Å². The number of amides is 2. The van der Waals surface area contributed by atoms with Crippen LogP contribution in [0.3, 0.4) is 0 Å². The Balaban J connectivity index is 1.80. The molecule has 0 radical (unpaired) electrons. The lowest BCUT2D eigenvalue weighted by atomic mass is 9.85. The second-order valence-electron chi connectivity index (χ2n) is 6.55. The highest BCUT2D eigenvalue weighted by molar-refractivity contribution is 6.15. The van der Waals surface area contributed by atoms with Crippen LogP contribution in [-0.4, -0.2) is 33.6 Å². The van der Waals surface area contributed by atoms with Crippen molar-refractivity contribution in [3.05, 3.63) is 65.7 Å². The van der Waals surface area contributed by atoms with Crippen LogP contribution in [0.25, 0.3) is 0 Å². The van der Waals surface area contributed by atoms with Crippen LogP contribution in [0.2, 0.25) is 0 Å². The number of nitrogens with zero attached hydrogens (tertiary/aromatic N) is 2. The van der Waals surface area contributed by atoms with Crippen molar-refractivity contribution >= 4 is 29.2 Å². The molecule has 2 aromatic carbocycles. The molecule has 0 aliphatic carbocycles. The third-order valence-corrected chi connectivity index (χ3v) is 4.90. The second kappa shape index (κ2) is 6.35. The van der Waals surface area contributed by atoms with Gasteiger partial charge in [-0.2, -0.15) is 5.10 Å². The van der Waals surface area contributed by atoms with Crippen molar-refractivity contribution < 1.29 is 19.5 Å². The zero-order valence-electron chi connectivity index (χ0n) is 14.4. The topological polar surface area (TPSA) is 99.1 Å². The van der Waals surface area contributed by atoms with Gasteiger partial charge in [0, 0.05) is 24.1 Å². The van der Waals surface area contributed by atoms with Crippen LogP contribution in [0, 0.1) is 0 Å². The van der Waals surface area contributed by atoms with Crippen LogP contribution in [-0.2, 0) is 19.9 Å². The number of fused-ring (bicyclic) bond motifs is 2. The molecule has 0 aromatic heterocycles. The maximum Gasteiger partial charge on any atom is 0.303 e. The third-order valence-electron chi connectivity index (χ3n) is 4.90. The van der Waals surface area contributed by atoms with E-state index in [2.05, 4.69) is 10.4 Å². The first kappa shape index (κ1) is 17.0. The van der Waals surface area contributed by atoms with Crippen LogP contribution in [0.15, 0.2) is 59.7 Å². The maximum absolute atomic E-state index is 13.0. The lowest BCUT2D eigenvalue weighted by Gasteiger charge is -2.30. The number of rotatable bonds is 4. The zero-order valence-corrected chi connectivity index (χ0v) is 14.4. The van der Waals surface area contributed by atoms with E-state index in [-0.39, 0.29) is 25.2 Å².